The number of morpholine rings is 1. The fourth-order valence-electron chi connectivity index (χ4n) is 2.44. The van der Waals surface area contributed by atoms with Crippen molar-refractivity contribution < 1.29 is 23.0 Å². The molecule has 1 heterocycles. The Morgan fingerprint density at radius 2 is 1.87 bits per heavy atom. The second-order valence-electron chi connectivity index (χ2n) is 5.50. The van der Waals surface area contributed by atoms with E-state index in [-0.39, 0.29) is 31.9 Å². The summed E-state index contributed by atoms with van der Waals surface area (Å²) in [6.07, 6.45) is 0. The SMILES string of the molecule is C=C(c1ccc(OC)cc1)C(C)C(F)(F)C(=O)N1CCOCC1. The van der Waals surface area contributed by atoms with Crippen LogP contribution in [0.25, 0.3) is 5.57 Å². The number of amides is 1. The second kappa shape index (κ2) is 7.08. The van der Waals surface area contributed by atoms with Crippen molar-refractivity contribution in [3.05, 3.63) is 36.4 Å². The maximum absolute atomic E-state index is 14.6. The minimum atomic E-state index is -3.51. The Morgan fingerprint density at radius 1 is 1.30 bits per heavy atom. The number of alkyl halides is 2. The van der Waals surface area contributed by atoms with Gasteiger partial charge in [0.05, 0.1) is 26.2 Å². The van der Waals surface area contributed by atoms with E-state index in [2.05, 4.69) is 6.58 Å². The summed E-state index contributed by atoms with van der Waals surface area (Å²) < 4.78 is 39.3. The van der Waals surface area contributed by atoms with Crippen LogP contribution in [0.15, 0.2) is 30.8 Å². The van der Waals surface area contributed by atoms with Crippen LogP contribution < -0.4 is 4.74 Å². The van der Waals surface area contributed by atoms with Crippen LogP contribution >= 0.6 is 0 Å². The van der Waals surface area contributed by atoms with E-state index in [1.165, 1.54) is 14.0 Å². The van der Waals surface area contributed by atoms with E-state index in [4.69, 9.17) is 9.47 Å². The van der Waals surface area contributed by atoms with Gasteiger partial charge in [0.2, 0.25) is 0 Å². The number of hydrogen-bond acceptors (Lipinski definition) is 3. The summed E-state index contributed by atoms with van der Waals surface area (Å²) in [5, 5.41) is 0. The molecule has 0 bridgehead atoms. The lowest BCUT2D eigenvalue weighted by atomic mass is 9.89. The van der Waals surface area contributed by atoms with E-state index < -0.39 is 17.7 Å². The first-order valence-electron chi connectivity index (χ1n) is 7.46. The van der Waals surface area contributed by atoms with Gasteiger partial charge in [-0.25, -0.2) is 0 Å². The van der Waals surface area contributed by atoms with Crippen molar-refractivity contribution in [2.45, 2.75) is 12.8 Å². The van der Waals surface area contributed by atoms with Gasteiger partial charge in [0.15, 0.2) is 0 Å². The van der Waals surface area contributed by atoms with Gasteiger partial charge >= 0.3 is 5.92 Å². The lowest BCUT2D eigenvalue weighted by Crippen LogP contribution is -2.51. The fraction of sp³-hybridized carbons (Fsp3) is 0.471. The van der Waals surface area contributed by atoms with Crippen molar-refractivity contribution in [1.29, 1.82) is 0 Å². The fourth-order valence-corrected chi connectivity index (χ4v) is 2.44. The van der Waals surface area contributed by atoms with Gasteiger partial charge in [-0.2, -0.15) is 8.78 Å². The highest BCUT2D eigenvalue weighted by Crippen LogP contribution is 2.36. The van der Waals surface area contributed by atoms with E-state index in [1.54, 1.807) is 24.3 Å². The van der Waals surface area contributed by atoms with Crippen LogP contribution in [0.5, 0.6) is 5.75 Å². The zero-order valence-electron chi connectivity index (χ0n) is 13.4. The Balaban J connectivity index is 2.13. The number of carbonyl (C=O) groups excluding carboxylic acids is 1. The Morgan fingerprint density at radius 3 is 2.39 bits per heavy atom. The van der Waals surface area contributed by atoms with Gasteiger partial charge in [-0.1, -0.05) is 25.6 Å². The minimum absolute atomic E-state index is 0.191. The zero-order valence-corrected chi connectivity index (χ0v) is 13.4. The first-order valence-corrected chi connectivity index (χ1v) is 7.46. The average molecular weight is 325 g/mol. The summed E-state index contributed by atoms with van der Waals surface area (Å²) >= 11 is 0. The van der Waals surface area contributed by atoms with Gasteiger partial charge in [-0.15, -0.1) is 0 Å². The van der Waals surface area contributed by atoms with Crippen LogP contribution in [0.4, 0.5) is 8.78 Å². The van der Waals surface area contributed by atoms with Gasteiger partial charge in [-0.3, -0.25) is 4.79 Å². The van der Waals surface area contributed by atoms with Crippen LogP contribution in [0, 0.1) is 5.92 Å². The van der Waals surface area contributed by atoms with E-state index in [0.29, 0.717) is 11.3 Å². The third-order valence-electron chi connectivity index (χ3n) is 4.11. The Labute approximate surface area is 134 Å². The third-order valence-corrected chi connectivity index (χ3v) is 4.11. The molecule has 1 aliphatic heterocycles. The number of halogens is 2. The predicted molar refractivity (Wildman–Crippen MR) is 83.5 cm³/mol. The lowest BCUT2D eigenvalue weighted by molar-refractivity contribution is -0.165. The van der Waals surface area contributed by atoms with Gasteiger partial charge in [-0.05, 0) is 23.3 Å². The highest BCUT2D eigenvalue weighted by atomic mass is 19.3. The van der Waals surface area contributed by atoms with Crippen molar-refractivity contribution >= 4 is 11.5 Å². The maximum atomic E-state index is 14.6. The standard InChI is InChI=1S/C17H21F2NO3/c1-12(14-4-6-15(22-3)7-5-14)13(2)17(18,19)16(21)20-8-10-23-11-9-20/h4-7,13H,1,8-11H2,2-3H3. The topological polar surface area (TPSA) is 38.8 Å². The molecule has 0 N–H and O–H groups in total. The summed E-state index contributed by atoms with van der Waals surface area (Å²) in [5.74, 6) is -5.34. The first kappa shape index (κ1) is 17.4. The molecule has 1 amide bonds. The zero-order chi connectivity index (χ0) is 17.0. The molecule has 1 unspecified atom stereocenters. The van der Waals surface area contributed by atoms with E-state index in [1.807, 2.05) is 0 Å². The van der Waals surface area contributed by atoms with Crippen molar-refractivity contribution in [2.75, 3.05) is 33.4 Å². The number of hydrogen-bond donors (Lipinski definition) is 0. The molecule has 2 rings (SSSR count). The lowest BCUT2D eigenvalue weighted by Gasteiger charge is -2.33. The van der Waals surface area contributed by atoms with Crippen molar-refractivity contribution in [3.63, 3.8) is 0 Å². The predicted octanol–water partition coefficient (Wildman–Crippen LogP) is 2.84. The molecule has 1 aromatic carbocycles. The van der Waals surface area contributed by atoms with Gasteiger partial charge in [0.25, 0.3) is 5.91 Å². The smallest absolute Gasteiger partial charge is 0.331 e. The molecule has 0 saturated carbocycles. The van der Waals surface area contributed by atoms with Crippen LogP contribution in [0.1, 0.15) is 12.5 Å². The molecule has 0 aliphatic carbocycles. The summed E-state index contributed by atoms with van der Waals surface area (Å²) in [4.78, 5) is 13.3. The van der Waals surface area contributed by atoms with Gasteiger partial charge in [0.1, 0.15) is 5.75 Å². The number of rotatable bonds is 5. The van der Waals surface area contributed by atoms with Crippen molar-refractivity contribution in [2.24, 2.45) is 5.92 Å². The normalized spacial score (nSPS) is 16.8. The monoisotopic (exact) mass is 325 g/mol. The molecule has 1 saturated heterocycles. The summed E-state index contributed by atoms with van der Waals surface area (Å²) in [6, 6.07) is 6.67. The molecule has 0 radical (unpaired) electrons. The highest BCUT2D eigenvalue weighted by molar-refractivity contribution is 5.87. The Hall–Kier alpha value is -1.95. The number of carbonyl (C=O) groups is 1. The van der Waals surface area contributed by atoms with E-state index >= 15 is 0 Å². The molecule has 6 heteroatoms. The quantitative estimate of drug-likeness (QED) is 0.836. The number of allylic oxidation sites excluding steroid dienone is 1. The Bertz CT molecular complexity index is 566. The molecular formula is C17H21F2NO3. The van der Waals surface area contributed by atoms with Gasteiger partial charge in [0, 0.05) is 13.1 Å². The largest absolute Gasteiger partial charge is 0.497 e. The van der Waals surface area contributed by atoms with Crippen LogP contribution in [-0.2, 0) is 9.53 Å². The molecule has 0 aromatic heterocycles. The first-order chi connectivity index (χ1) is 10.9. The number of benzene rings is 1. The molecule has 1 atom stereocenters. The second-order valence-corrected chi connectivity index (χ2v) is 5.50. The molecule has 0 spiro atoms. The van der Waals surface area contributed by atoms with Crippen LogP contribution in [-0.4, -0.2) is 50.1 Å². The maximum Gasteiger partial charge on any atom is 0.331 e. The summed E-state index contributed by atoms with van der Waals surface area (Å²) in [5.41, 5.74) is 0.784. The highest BCUT2D eigenvalue weighted by Gasteiger charge is 2.48. The van der Waals surface area contributed by atoms with E-state index in [9.17, 15) is 13.6 Å². The molecule has 23 heavy (non-hydrogen) atoms. The van der Waals surface area contributed by atoms with E-state index in [0.717, 1.165) is 4.90 Å². The minimum Gasteiger partial charge on any atom is -0.497 e. The van der Waals surface area contributed by atoms with Crippen LogP contribution in [0.3, 0.4) is 0 Å². The molecule has 1 aromatic rings. The van der Waals surface area contributed by atoms with Crippen molar-refractivity contribution in [1.82, 2.24) is 4.90 Å². The molecule has 1 aliphatic rings. The molecular weight excluding hydrogens is 304 g/mol. The summed E-state index contributed by atoms with van der Waals surface area (Å²) in [6.45, 7) is 6.04. The van der Waals surface area contributed by atoms with Crippen molar-refractivity contribution in [3.8, 4) is 5.75 Å². The summed E-state index contributed by atoms with van der Waals surface area (Å²) in [7, 11) is 1.53. The Kier molecular flexibility index (Phi) is 5.36. The van der Waals surface area contributed by atoms with Crippen LogP contribution in [0.2, 0.25) is 0 Å². The molecule has 126 valence electrons. The van der Waals surface area contributed by atoms with Gasteiger partial charge < -0.3 is 14.4 Å². The number of nitrogens with zero attached hydrogens (tertiary/aromatic N) is 1. The molecule has 1 fully saturated rings. The molecule has 4 nitrogen and oxygen atoms in total. The average Bonchev–Trinajstić information content (AvgIpc) is 2.60. The number of ether oxygens (including phenoxy) is 2. The third kappa shape index (κ3) is 3.69. The number of methoxy groups -OCH3 is 1.